The normalized spacial score (nSPS) is 19.9. The van der Waals surface area contributed by atoms with Crippen LogP contribution in [0.4, 0.5) is 0 Å². The van der Waals surface area contributed by atoms with Crippen molar-refractivity contribution in [1.82, 2.24) is 0 Å². The van der Waals surface area contributed by atoms with Crippen molar-refractivity contribution < 1.29 is 19.1 Å². The highest BCUT2D eigenvalue weighted by Crippen LogP contribution is 2.31. The van der Waals surface area contributed by atoms with E-state index in [-0.39, 0.29) is 23.8 Å². The van der Waals surface area contributed by atoms with Crippen molar-refractivity contribution in [3.63, 3.8) is 0 Å². The van der Waals surface area contributed by atoms with Crippen molar-refractivity contribution in [3.8, 4) is 0 Å². The first kappa shape index (κ1) is 28.0. The summed E-state index contributed by atoms with van der Waals surface area (Å²) in [5.74, 6) is 1.08. The van der Waals surface area contributed by atoms with Crippen LogP contribution < -0.4 is 0 Å². The topological polar surface area (TPSA) is 52.6 Å². The maximum Gasteiger partial charge on any atom is 0.308 e. The molecule has 0 aromatic carbocycles. The number of carbonyl (C=O) groups is 2. The zero-order valence-electron chi connectivity index (χ0n) is 21.0. The highest BCUT2D eigenvalue weighted by atomic mass is 16.5. The first-order valence-electron chi connectivity index (χ1n) is 13.3. The Kier molecular flexibility index (Phi) is 15.8. The maximum atomic E-state index is 12.5. The molecule has 0 aliphatic heterocycles. The lowest BCUT2D eigenvalue weighted by Crippen LogP contribution is -2.29. The summed E-state index contributed by atoms with van der Waals surface area (Å²) >= 11 is 0. The molecular weight excluding hydrogens is 388 g/mol. The minimum absolute atomic E-state index is 0.0353. The predicted octanol–water partition coefficient (Wildman–Crippen LogP) is 7.48. The SMILES string of the molecule is CCCCCC(CCC)COC(=O)C1CCC(C(=O)OCCCCCCC(C)C)CC1. The molecule has 1 aliphatic rings. The van der Waals surface area contributed by atoms with Crippen LogP contribution in [0.3, 0.4) is 0 Å². The van der Waals surface area contributed by atoms with Crippen molar-refractivity contribution >= 4 is 11.9 Å². The molecule has 1 fully saturated rings. The van der Waals surface area contributed by atoms with Crippen LogP contribution in [0, 0.1) is 23.7 Å². The molecule has 1 saturated carbocycles. The van der Waals surface area contributed by atoms with E-state index in [1.165, 1.54) is 38.5 Å². The summed E-state index contributed by atoms with van der Waals surface area (Å²) in [4.78, 5) is 24.8. The van der Waals surface area contributed by atoms with E-state index in [0.717, 1.165) is 63.7 Å². The van der Waals surface area contributed by atoms with Gasteiger partial charge in [-0.05, 0) is 56.8 Å². The number of hydrogen-bond acceptors (Lipinski definition) is 4. The molecular formula is C27H50O4. The van der Waals surface area contributed by atoms with Crippen LogP contribution in [0.15, 0.2) is 0 Å². The summed E-state index contributed by atoms with van der Waals surface area (Å²) in [6, 6.07) is 0. The van der Waals surface area contributed by atoms with E-state index < -0.39 is 0 Å². The molecule has 0 aromatic rings. The van der Waals surface area contributed by atoms with Gasteiger partial charge in [-0.15, -0.1) is 0 Å². The third-order valence-corrected chi connectivity index (χ3v) is 6.69. The third-order valence-electron chi connectivity index (χ3n) is 6.69. The van der Waals surface area contributed by atoms with Crippen molar-refractivity contribution in [2.45, 2.75) is 124 Å². The number of ether oxygens (including phenoxy) is 2. The second kappa shape index (κ2) is 17.5. The van der Waals surface area contributed by atoms with Crippen molar-refractivity contribution in [1.29, 1.82) is 0 Å². The van der Waals surface area contributed by atoms with Gasteiger partial charge in [0.25, 0.3) is 0 Å². The van der Waals surface area contributed by atoms with Gasteiger partial charge in [-0.1, -0.05) is 79.1 Å². The first-order chi connectivity index (χ1) is 15.0. The monoisotopic (exact) mass is 438 g/mol. The van der Waals surface area contributed by atoms with Crippen LogP contribution in [-0.4, -0.2) is 25.2 Å². The molecule has 0 spiro atoms. The summed E-state index contributed by atoms with van der Waals surface area (Å²) in [7, 11) is 0. The third kappa shape index (κ3) is 13.2. The molecule has 0 aromatic heterocycles. The Morgan fingerprint density at radius 2 is 1.29 bits per heavy atom. The largest absolute Gasteiger partial charge is 0.465 e. The summed E-state index contributed by atoms with van der Waals surface area (Å²) in [5.41, 5.74) is 0. The molecule has 0 N–H and O–H groups in total. The van der Waals surface area contributed by atoms with E-state index in [0.29, 0.717) is 19.1 Å². The average Bonchev–Trinajstić information content (AvgIpc) is 2.76. The second-order valence-corrected chi connectivity index (χ2v) is 10.1. The summed E-state index contributed by atoms with van der Waals surface area (Å²) in [6.07, 6.45) is 16.0. The quantitative estimate of drug-likeness (QED) is 0.174. The van der Waals surface area contributed by atoms with Gasteiger partial charge < -0.3 is 9.47 Å². The van der Waals surface area contributed by atoms with Crippen LogP contribution in [-0.2, 0) is 19.1 Å². The Hall–Kier alpha value is -1.06. The van der Waals surface area contributed by atoms with E-state index in [4.69, 9.17) is 9.47 Å². The van der Waals surface area contributed by atoms with Crippen LogP contribution in [0.25, 0.3) is 0 Å². The number of rotatable bonds is 17. The van der Waals surface area contributed by atoms with E-state index in [2.05, 4.69) is 27.7 Å². The van der Waals surface area contributed by atoms with Crippen LogP contribution in [0.1, 0.15) is 124 Å². The summed E-state index contributed by atoms with van der Waals surface area (Å²) < 4.78 is 11.2. The fourth-order valence-corrected chi connectivity index (χ4v) is 4.58. The van der Waals surface area contributed by atoms with Gasteiger partial charge in [0, 0.05) is 0 Å². The van der Waals surface area contributed by atoms with Crippen LogP contribution >= 0.6 is 0 Å². The Balaban J connectivity index is 2.18. The average molecular weight is 439 g/mol. The first-order valence-corrected chi connectivity index (χ1v) is 13.3. The molecule has 0 radical (unpaired) electrons. The molecule has 0 amide bonds. The smallest absolute Gasteiger partial charge is 0.308 e. The Bertz CT molecular complexity index is 466. The second-order valence-electron chi connectivity index (χ2n) is 10.1. The van der Waals surface area contributed by atoms with Gasteiger partial charge >= 0.3 is 11.9 Å². The molecule has 4 heteroatoms. The highest BCUT2D eigenvalue weighted by molar-refractivity contribution is 5.75. The maximum absolute atomic E-state index is 12.5. The van der Waals surface area contributed by atoms with Crippen molar-refractivity contribution in [2.24, 2.45) is 23.7 Å². The fourth-order valence-electron chi connectivity index (χ4n) is 4.58. The van der Waals surface area contributed by atoms with E-state index in [1.54, 1.807) is 0 Å². The van der Waals surface area contributed by atoms with Crippen molar-refractivity contribution in [3.05, 3.63) is 0 Å². The van der Waals surface area contributed by atoms with E-state index in [1.807, 2.05) is 0 Å². The van der Waals surface area contributed by atoms with Crippen LogP contribution in [0.5, 0.6) is 0 Å². The molecule has 31 heavy (non-hydrogen) atoms. The minimum Gasteiger partial charge on any atom is -0.465 e. The summed E-state index contributed by atoms with van der Waals surface area (Å²) in [6.45, 7) is 10.0. The molecule has 1 unspecified atom stereocenters. The molecule has 4 nitrogen and oxygen atoms in total. The van der Waals surface area contributed by atoms with E-state index >= 15 is 0 Å². The van der Waals surface area contributed by atoms with Gasteiger partial charge in [-0.2, -0.15) is 0 Å². The lowest BCUT2D eigenvalue weighted by Gasteiger charge is -2.26. The van der Waals surface area contributed by atoms with Gasteiger partial charge in [-0.25, -0.2) is 0 Å². The van der Waals surface area contributed by atoms with Gasteiger partial charge in [0.2, 0.25) is 0 Å². The molecule has 0 heterocycles. The Labute approximate surface area is 192 Å². The Morgan fingerprint density at radius 3 is 1.87 bits per heavy atom. The summed E-state index contributed by atoms with van der Waals surface area (Å²) in [5, 5.41) is 0. The lowest BCUT2D eigenvalue weighted by molar-refractivity contribution is -0.156. The zero-order chi connectivity index (χ0) is 22.9. The van der Waals surface area contributed by atoms with Crippen molar-refractivity contribution in [2.75, 3.05) is 13.2 Å². The lowest BCUT2D eigenvalue weighted by atomic mass is 9.82. The molecule has 0 saturated heterocycles. The predicted molar refractivity (Wildman–Crippen MR) is 128 cm³/mol. The van der Waals surface area contributed by atoms with Gasteiger partial charge in [-0.3, -0.25) is 9.59 Å². The standard InChI is InChI=1S/C27H50O4/c1-5-7-10-15-23(13-6-2)21-31-27(29)25-18-16-24(17-19-25)26(28)30-20-12-9-8-11-14-22(3)4/h22-25H,5-21H2,1-4H3. The molecule has 1 rings (SSSR count). The zero-order valence-corrected chi connectivity index (χ0v) is 21.0. The molecule has 1 atom stereocenters. The highest BCUT2D eigenvalue weighted by Gasteiger charge is 2.31. The van der Waals surface area contributed by atoms with E-state index in [9.17, 15) is 9.59 Å². The Morgan fingerprint density at radius 1 is 0.710 bits per heavy atom. The van der Waals surface area contributed by atoms with Crippen LogP contribution in [0.2, 0.25) is 0 Å². The molecule has 1 aliphatic carbocycles. The minimum atomic E-state index is -0.0621. The van der Waals surface area contributed by atoms with Gasteiger partial charge in [0.05, 0.1) is 25.0 Å². The number of unbranched alkanes of at least 4 members (excludes halogenated alkanes) is 5. The van der Waals surface area contributed by atoms with Gasteiger partial charge in [0.15, 0.2) is 0 Å². The number of hydrogen-bond donors (Lipinski definition) is 0. The van der Waals surface area contributed by atoms with Gasteiger partial charge in [0.1, 0.15) is 0 Å². The molecule has 182 valence electrons. The number of carbonyl (C=O) groups excluding carboxylic acids is 2. The number of esters is 2. The molecule has 0 bridgehead atoms. The fraction of sp³-hybridized carbons (Fsp3) is 0.926.